The Bertz CT molecular complexity index is 1370. The molecule has 8 atom stereocenters. The lowest BCUT2D eigenvalue weighted by Crippen LogP contribution is -2.59. The maximum atomic E-state index is 14.0. The van der Waals surface area contributed by atoms with E-state index in [1.54, 1.807) is 54.6 Å². The molecule has 252 valence electrons. The predicted octanol–water partition coefficient (Wildman–Crippen LogP) is 8.56. The SMILES string of the molecule is C[C@H]1O[C@H]2C[C@H]3O[C@@]4(C)CC=C(OP(=O)(Oc5ccccc5)Oc5ccccc5)O[C@@H]4CC[C@@H]3O[C@@H]2C[C@@H]1O[Si](C)(C)C(C)(C)C. The van der Waals surface area contributed by atoms with Crippen LogP contribution in [0.1, 0.15) is 66.7 Å². The summed E-state index contributed by atoms with van der Waals surface area (Å²) in [4.78, 5) is 0. The van der Waals surface area contributed by atoms with Crippen LogP contribution in [0.5, 0.6) is 11.5 Å². The molecule has 0 saturated carbocycles. The molecule has 4 heterocycles. The lowest BCUT2D eigenvalue weighted by Gasteiger charge is -2.50. The Morgan fingerprint density at radius 3 is 2.04 bits per heavy atom. The van der Waals surface area contributed by atoms with Crippen molar-refractivity contribution in [3.05, 3.63) is 72.7 Å². The van der Waals surface area contributed by atoms with Crippen molar-refractivity contribution in [1.82, 2.24) is 0 Å². The summed E-state index contributed by atoms with van der Waals surface area (Å²) in [6, 6.07) is 17.6. The highest BCUT2D eigenvalue weighted by molar-refractivity contribution is 7.49. The van der Waals surface area contributed by atoms with Crippen molar-refractivity contribution in [3.63, 3.8) is 0 Å². The van der Waals surface area contributed by atoms with Crippen LogP contribution in [0.2, 0.25) is 18.1 Å². The summed E-state index contributed by atoms with van der Waals surface area (Å²) in [7, 11) is -6.14. The number of rotatable bonds is 8. The molecule has 0 aromatic heterocycles. The summed E-state index contributed by atoms with van der Waals surface area (Å²) >= 11 is 0. The molecule has 0 unspecified atom stereocenters. The van der Waals surface area contributed by atoms with Gasteiger partial charge in [0.15, 0.2) is 8.32 Å². The number of para-hydroxylation sites is 2. The molecule has 3 fully saturated rings. The lowest BCUT2D eigenvalue weighted by molar-refractivity contribution is -0.261. The third-order valence-corrected chi connectivity index (χ3v) is 15.9. The minimum absolute atomic E-state index is 0.00428. The molecule has 2 aromatic rings. The van der Waals surface area contributed by atoms with Crippen LogP contribution in [0.4, 0.5) is 0 Å². The number of hydrogen-bond acceptors (Lipinski definition) is 9. The molecule has 4 aliphatic heterocycles. The van der Waals surface area contributed by atoms with E-state index in [0.29, 0.717) is 24.3 Å². The molecule has 0 amide bonds. The third-order valence-electron chi connectivity index (χ3n) is 10.1. The first-order valence-electron chi connectivity index (χ1n) is 16.5. The van der Waals surface area contributed by atoms with E-state index in [-0.39, 0.29) is 53.7 Å². The second-order valence-corrected chi connectivity index (χ2v) is 20.9. The molecule has 4 aliphatic rings. The standard InChI is InChI=1S/C35H49O9PSi/c1-24-28(44-46(6,7)34(2,3)4)22-30-29(37-24)23-31-27(38-30)18-19-32-35(5,40-31)21-20-33(39-32)43-45(36,41-25-14-10-8-11-15-25)42-26-16-12-9-13-17-26/h8-17,20,24,27-32H,18-19,21-23H2,1-7H3/t24-,27+,28+,29+,30-,31-,32-,35+/m1/s1. The quantitative estimate of drug-likeness (QED) is 0.202. The van der Waals surface area contributed by atoms with Crippen molar-refractivity contribution in [2.24, 2.45) is 0 Å². The van der Waals surface area contributed by atoms with Crippen molar-refractivity contribution < 1.29 is 41.5 Å². The van der Waals surface area contributed by atoms with Crippen LogP contribution >= 0.6 is 7.82 Å². The van der Waals surface area contributed by atoms with E-state index in [4.69, 9.17) is 36.9 Å². The molecule has 0 spiro atoms. The van der Waals surface area contributed by atoms with Gasteiger partial charge in [-0.15, -0.1) is 0 Å². The van der Waals surface area contributed by atoms with E-state index >= 15 is 0 Å². The van der Waals surface area contributed by atoms with Crippen LogP contribution in [0.3, 0.4) is 0 Å². The first kappa shape index (κ1) is 33.6. The first-order valence-corrected chi connectivity index (χ1v) is 20.9. The molecule has 3 saturated heterocycles. The fraction of sp³-hybridized carbons (Fsp3) is 0.600. The van der Waals surface area contributed by atoms with E-state index in [0.717, 1.165) is 19.3 Å². The number of ether oxygens (including phenoxy) is 4. The number of phosphoric ester groups is 1. The first-order chi connectivity index (χ1) is 21.7. The summed E-state index contributed by atoms with van der Waals surface area (Å²) in [5, 5.41) is 0.120. The summed E-state index contributed by atoms with van der Waals surface area (Å²) in [5.74, 6) is 0.817. The third kappa shape index (κ3) is 7.37. The van der Waals surface area contributed by atoms with Gasteiger partial charge < -0.3 is 36.9 Å². The van der Waals surface area contributed by atoms with E-state index in [1.807, 2.05) is 12.1 Å². The van der Waals surface area contributed by atoms with Crippen LogP contribution in [0.25, 0.3) is 0 Å². The van der Waals surface area contributed by atoms with E-state index in [1.165, 1.54) is 0 Å². The normalized spacial score (nSPS) is 33.2. The van der Waals surface area contributed by atoms with Crippen molar-refractivity contribution in [1.29, 1.82) is 0 Å². The number of phosphoric acid groups is 1. The Morgan fingerprint density at radius 2 is 1.43 bits per heavy atom. The zero-order valence-corrected chi connectivity index (χ0v) is 29.9. The highest BCUT2D eigenvalue weighted by atomic mass is 31.2. The van der Waals surface area contributed by atoms with E-state index in [2.05, 4.69) is 47.7 Å². The van der Waals surface area contributed by atoms with Crippen LogP contribution < -0.4 is 9.05 Å². The van der Waals surface area contributed by atoms with Gasteiger partial charge in [-0.3, -0.25) is 0 Å². The lowest BCUT2D eigenvalue weighted by atomic mass is 9.89. The zero-order chi connectivity index (χ0) is 32.7. The fourth-order valence-corrected chi connectivity index (χ4v) is 9.08. The topological polar surface area (TPSA) is 90.9 Å². The summed E-state index contributed by atoms with van der Waals surface area (Å²) < 4.78 is 64.9. The second kappa shape index (κ2) is 12.9. The van der Waals surface area contributed by atoms with E-state index < -0.39 is 21.7 Å². The monoisotopic (exact) mass is 672 g/mol. The minimum atomic E-state index is -4.18. The zero-order valence-electron chi connectivity index (χ0n) is 28.0. The molecule has 0 aliphatic carbocycles. The molecule has 9 nitrogen and oxygen atoms in total. The average Bonchev–Trinajstić information content (AvgIpc) is 3.12. The second-order valence-electron chi connectivity index (χ2n) is 14.7. The average molecular weight is 673 g/mol. The number of fused-ring (bicyclic) bond motifs is 3. The van der Waals surface area contributed by atoms with Gasteiger partial charge in [0, 0.05) is 19.3 Å². The molecule has 11 heteroatoms. The maximum Gasteiger partial charge on any atom is 0.649 e. The molecular formula is C35H49O9PSi. The molecule has 0 radical (unpaired) electrons. The highest BCUT2D eigenvalue weighted by Gasteiger charge is 2.53. The maximum absolute atomic E-state index is 14.0. The van der Waals surface area contributed by atoms with Crippen LogP contribution in [-0.4, -0.2) is 56.6 Å². The van der Waals surface area contributed by atoms with Gasteiger partial charge in [0.25, 0.3) is 5.95 Å². The molecule has 6 rings (SSSR count). The smallest absolute Gasteiger partial charge is 0.459 e. The van der Waals surface area contributed by atoms with Gasteiger partial charge in [-0.25, -0.2) is 0 Å². The predicted molar refractivity (Wildman–Crippen MR) is 177 cm³/mol. The van der Waals surface area contributed by atoms with Gasteiger partial charge in [0.05, 0.1) is 36.6 Å². The molecule has 46 heavy (non-hydrogen) atoms. The van der Waals surface area contributed by atoms with Crippen LogP contribution in [-0.2, 0) is 32.5 Å². The van der Waals surface area contributed by atoms with Gasteiger partial charge in [-0.1, -0.05) is 57.2 Å². The van der Waals surface area contributed by atoms with Crippen molar-refractivity contribution >= 4 is 16.1 Å². The van der Waals surface area contributed by atoms with Gasteiger partial charge in [-0.05, 0) is 75.2 Å². The van der Waals surface area contributed by atoms with Crippen molar-refractivity contribution in [3.8, 4) is 11.5 Å². The Kier molecular flexibility index (Phi) is 9.44. The van der Waals surface area contributed by atoms with Gasteiger partial charge in [-0.2, -0.15) is 4.57 Å². The highest BCUT2D eigenvalue weighted by Crippen LogP contribution is 2.53. The Morgan fingerprint density at radius 1 is 0.826 bits per heavy atom. The Balaban J connectivity index is 1.13. The fourth-order valence-electron chi connectivity index (χ4n) is 6.47. The molecule has 0 bridgehead atoms. The molecule has 2 aromatic carbocycles. The van der Waals surface area contributed by atoms with E-state index in [9.17, 15) is 4.57 Å². The summed E-state index contributed by atoms with van der Waals surface area (Å²) in [5.41, 5.74) is -0.624. The Labute approximate surface area is 274 Å². The summed E-state index contributed by atoms with van der Waals surface area (Å²) in [6.45, 7) is 15.6. The minimum Gasteiger partial charge on any atom is -0.459 e. The van der Waals surface area contributed by atoms with Crippen LogP contribution in [0.15, 0.2) is 72.7 Å². The van der Waals surface area contributed by atoms with Crippen LogP contribution in [0, 0.1) is 0 Å². The van der Waals surface area contributed by atoms with Gasteiger partial charge in [0.1, 0.15) is 23.2 Å². The molecular weight excluding hydrogens is 623 g/mol. The number of benzene rings is 2. The molecule has 0 N–H and O–H groups in total. The summed E-state index contributed by atoms with van der Waals surface area (Å²) in [6.07, 6.45) is 4.60. The van der Waals surface area contributed by atoms with Gasteiger partial charge in [0.2, 0.25) is 0 Å². The van der Waals surface area contributed by atoms with Gasteiger partial charge >= 0.3 is 7.82 Å². The van der Waals surface area contributed by atoms with Crippen molar-refractivity contribution in [2.75, 3.05) is 0 Å². The number of hydrogen-bond donors (Lipinski definition) is 0. The Hall–Kier alpha value is -2.33. The van der Waals surface area contributed by atoms with Crippen molar-refractivity contribution in [2.45, 2.75) is 133 Å². The largest absolute Gasteiger partial charge is 0.649 e.